The van der Waals surface area contributed by atoms with Crippen LogP contribution in [0.2, 0.25) is 0 Å². The third kappa shape index (κ3) is 6.73. The number of halogens is 2. The highest BCUT2D eigenvalue weighted by Gasteiger charge is 2.51. The van der Waals surface area contributed by atoms with Gasteiger partial charge in [-0.25, -0.2) is 8.78 Å². The predicted molar refractivity (Wildman–Crippen MR) is 115 cm³/mol. The van der Waals surface area contributed by atoms with Gasteiger partial charge in [-0.3, -0.25) is 9.59 Å². The summed E-state index contributed by atoms with van der Waals surface area (Å²) in [5, 5.41) is 21.6. The molecule has 1 saturated carbocycles. The topological polar surface area (TPSA) is 86.6 Å². The van der Waals surface area contributed by atoms with Crippen LogP contribution in [0.15, 0.2) is 12.1 Å². The van der Waals surface area contributed by atoms with Crippen molar-refractivity contribution in [3.05, 3.63) is 34.9 Å². The number of carboxylic acid groups (broad SMARTS) is 2. The van der Waals surface area contributed by atoms with Gasteiger partial charge in [0.25, 0.3) is 0 Å². The van der Waals surface area contributed by atoms with Gasteiger partial charge in [0.2, 0.25) is 0 Å². The Balaban J connectivity index is 1.80. The van der Waals surface area contributed by atoms with Gasteiger partial charge in [-0.05, 0) is 37.7 Å². The largest absolute Gasteiger partial charge is 0.480 e. The monoisotopic (exact) mass is 439 g/mol. The molecule has 0 aliphatic heterocycles. The van der Waals surface area contributed by atoms with Crippen molar-refractivity contribution in [2.75, 3.05) is 0 Å². The fourth-order valence-corrected chi connectivity index (χ4v) is 4.36. The van der Waals surface area contributed by atoms with E-state index in [9.17, 15) is 28.6 Å². The van der Waals surface area contributed by atoms with E-state index in [4.69, 9.17) is 0 Å². The van der Waals surface area contributed by atoms with Gasteiger partial charge in [0, 0.05) is 18.2 Å². The fraction of sp³-hybridized carbons (Fsp3) is 0.667. The van der Waals surface area contributed by atoms with Crippen molar-refractivity contribution in [2.45, 2.75) is 96.6 Å². The number of benzene rings is 1. The zero-order valence-corrected chi connectivity index (χ0v) is 18.4. The minimum atomic E-state index is -1.80. The van der Waals surface area contributed by atoms with E-state index in [1.165, 1.54) is 32.1 Å². The molecule has 1 aromatic rings. The summed E-state index contributed by atoms with van der Waals surface area (Å²) in [5.74, 6) is -4.41. The average Bonchev–Trinajstić information content (AvgIpc) is 3.18. The maximum Gasteiger partial charge on any atom is 0.321 e. The van der Waals surface area contributed by atoms with Gasteiger partial charge in [0.1, 0.15) is 0 Å². The second kappa shape index (κ2) is 12.1. The first-order chi connectivity index (χ1) is 14.8. The lowest BCUT2D eigenvalue weighted by Gasteiger charge is -2.19. The van der Waals surface area contributed by atoms with E-state index in [0.717, 1.165) is 19.3 Å². The summed E-state index contributed by atoms with van der Waals surface area (Å²) in [6.45, 7) is 2.22. The molecule has 1 unspecified atom stereocenters. The first-order valence-electron chi connectivity index (χ1n) is 11.5. The molecule has 1 aromatic carbocycles. The molecule has 0 bridgehead atoms. The molecule has 31 heavy (non-hydrogen) atoms. The maximum atomic E-state index is 14.5. The lowest BCUT2D eigenvalue weighted by atomic mass is 9.86. The summed E-state index contributed by atoms with van der Waals surface area (Å²) < 4.78 is 28.9. The molecule has 174 valence electrons. The van der Waals surface area contributed by atoms with Gasteiger partial charge in [0.15, 0.2) is 17.0 Å². The van der Waals surface area contributed by atoms with Gasteiger partial charge >= 0.3 is 11.9 Å². The number of unbranched alkanes of at least 4 members (excludes halogenated alkanes) is 7. The number of hydrogen-bond acceptors (Lipinski definition) is 3. The number of hydrogen-bond donors (Lipinski definition) is 3. The predicted octanol–water partition coefficient (Wildman–Crippen LogP) is 5.45. The van der Waals surface area contributed by atoms with Crippen LogP contribution in [0.25, 0.3) is 0 Å². The Kier molecular flexibility index (Phi) is 9.88. The van der Waals surface area contributed by atoms with Crippen molar-refractivity contribution >= 4 is 11.9 Å². The van der Waals surface area contributed by atoms with E-state index in [1.807, 2.05) is 0 Å². The van der Waals surface area contributed by atoms with Crippen LogP contribution in [0.1, 0.15) is 88.7 Å². The lowest BCUT2D eigenvalue weighted by Crippen LogP contribution is -2.39. The van der Waals surface area contributed by atoms with Crippen LogP contribution in [0.5, 0.6) is 0 Å². The first-order valence-corrected chi connectivity index (χ1v) is 11.5. The van der Waals surface area contributed by atoms with Gasteiger partial charge < -0.3 is 15.5 Å². The molecule has 0 saturated heterocycles. The minimum Gasteiger partial charge on any atom is -0.480 e. The molecule has 3 N–H and O–H groups in total. The quantitative estimate of drug-likeness (QED) is 0.265. The first kappa shape index (κ1) is 25.2. The Morgan fingerprint density at radius 2 is 1.52 bits per heavy atom. The van der Waals surface area contributed by atoms with E-state index in [2.05, 4.69) is 12.2 Å². The molecule has 1 aliphatic carbocycles. The molecule has 0 heterocycles. The average molecular weight is 440 g/mol. The standard InChI is InChI=1S/C24H35F2NO4/c1-2-3-4-5-6-7-8-9-10-17-11-12-18(21(26)20(17)25)16-27-19-13-14-24(15-19,22(28)29)23(30)31/h11-12,19,27H,2-10,13-16H2,1H3,(H,28,29)(H,30,31). The van der Waals surface area contributed by atoms with Crippen LogP contribution in [-0.4, -0.2) is 28.2 Å². The van der Waals surface area contributed by atoms with Crippen LogP contribution in [0.4, 0.5) is 8.78 Å². The van der Waals surface area contributed by atoms with Crippen molar-refractivity contribution < 1.29 is 28.6 Å². The number of rotatable bonds is 14. The Bertz CT molecular complexity index is 739. The molecule has 0 spiro atoms. The van der Waals surface area contributed by atoms with E-state index in [1.54, 1.807) is 12.1 Å². The zero-order chi connectivity index (χ0) is 22.9. The molecular formula is C24H35F2NO4. The summed E-state index contributed by atoms with van der Waals surface area (Å²) in [4.78, 5) is 22.8. The van der Waals surface area contributed by atoms with Gasteiger partial charge in [-0.2, -0.15) is 0 Å². The highest BCUT2D eigenvalue weighted by molar-refractivity contribution is 5.98. The van der Waals surface area contributed by atoms with Crippen LogP contribution < -0.4 is 5.32 Å². The number of aliphatic carboxylic acids is 2. The highest BCUT2D eigenvalue weighted by atomic mass is 19.2. The zero-order valence-electron chi connectivity index (χ0n) is 18.4. The van der Waals surface area contributed by atoms with Gasteiger partial charge in [-0.1, -0.05) is 64.0 Å². The molecule has 1 fully saturated rings. The SMILES string of the molecule is CCCCCCCCCCc1ccc(CNC2CCC(C(=O)O)(C(=O)O)C2)c(F)c1F. The summed E-state index contributed by atoms with van der Waals surface area (Å²) in [6, 6.07) is 2.80. The Hall–Kier alpha value is -2.02. The molecule has 2 rings (SSSR count). The second-order valence-electron chi connectivity index (χ2n) is 8.75. The van der Waals surface area contributed by atoms with Crippen LogP contribution in [0.3, 0.4) is 0 Å². The number of carboxylic acids is 2. The molecule has 0 radical (unpaired) electrons. The van der Waals surface area contributed by atoms with Crippen LogP contribution in [0, 0.1) is 17.0 Å². The van der Waals surface area contributed by atoms with Crippen molar-refractivity contribution in [1.82, 2.24) is 5.32 Å². The van der Waals surface area contributed by atoms with E-state index in [-0.39, 0.29) is 31.0 Å². The van der Waals surface area contributed by atoms with Crippen molar-refractivity contribution in [2.24, 2.45) is 5.41 Å². The Labute approximate surface area is 183 Å². The second-order valence-corrected chi connectivity index (χ2v) is 8.75. The molecule has 1 aliphatic rings. The molecular weight excluding hydrogens is 404 g/mol. The summed E-state index contributed by atoms with van der Waals surface area (Å²) >= 11 is 0. The highest BCUT2D eigenvalue weighted by Crippen LogP contribution is 2.39. The molecule has 0 amide bonds. The number of carbonyl (C=O) groups is 2. The van der Waals surface area contributed by atoms with Crippen LogP contribution in [-0.2, 0) is 22.6 Å². The van der Waals surface area contributed by atoms with E-state index in [0.29, 0.717) is 18.4 Å². The maximum absolute atomic E-state index is 14.5. The van der Waals surface area contributed by atoms with Crippen LogP contribution >= 0.6 is 0 Å². The van der Waals surface area contributed by atoms with Gasteiger partial charge in [-0.15, -0.1) is 0 Å². The van der Waals surface area contributed by atoms with Gasteiger partial charge in [0.05, 0.1) is 0 Å². The van der Waals surface area contributed by atoms with Crippen molar-refractivity contribution in [3.63, 3.8) is 0 Å². The Morgan fingerprint density at radius 1 is 0.968 bits per heavy atom. The summed E-state index contributed by atoms with van der Waals surface area (Å²) in [7, 11) is 0. The summed E-state index contributed by atoms with van der Waals surface area (Å²) in [5.41, 5.74) is -1.26. The van der Waals surface area contributed by atoms with E-state index < -0.39 is 29.0 Å². The lowest BCUT2D eigenvalue weighted by molar-refractivity contribution is -0.164. The molecule has 5 nitrogen and oxygen atoms in total. The Morgan fingerprint density at radius 3 is 2.10 bits per heavy atom. The fourth-order valence-electron chi connectivity index (χ4n) is 4.36. The minimum absolute atomic E-state index is 0.0176. The third-order valence-electron chi connectivity index (χ3n) is 6.46. The normalized spacial score (nSPS) is 17.7. The smallest absolute Gasteiger partial charge is 0.321 e. The molecule has 0 aromatic heterocycles. The number of aryl methyl sites for hydroxylation is 1. The third-order valence-corrected chi connectivity index (χ3v) is 6.46. The van der Waals surface area contributed by atoms with Crippen molar-refractivity contribution in [3.8, 4) is 0 Å². The van der Waals surface area contributed by atoms with E-state index >= 15 is 0 Å². The van der Waals surface area contributed by atoms with Crippen molar-refractivity contribution in [1.29, 1.82) is 0 Å². The molecule has 1 atom stereocenters. The summed E-state index contributed by atoms with van der Waals surface area (Å²) in [6.07, 6.45) is 9.95. The molecule has 7 heteroatoms. The number of nitrogens with one attached hydrogen (secondary N) is 1.